The molecule has 0 heterocycles. The first-order valence-corrected chi connectivity index (χ1v) is 6.44. The van der Waals surface area contributed by atoms with Gasteiger partial charge in [-0.3, -0.25) is 4.79 Å². The molecule has 0 fully saturated rings. The van der Waals surface area contributed by atoms with E-state index in [2.05, 4.69) is 10.1 Å². The molecule has 0 saturated carbocycles. The quantitative estimate of drug-likeness (QED) is 0.696. The van der Waals surface area contributed by atoms with Crippen molar-refractivity contribution in [2.24, 2.45) is 0 Å². The fraction of sp³-hybridized carbons (Fsp3) is 0.429. The van der Waals surface area contributed by atoms with Gasteiger partial charge in [0.2, 0.25) is 5.91 Å². The van der Waals surface area contributed by atoms with Crippen LogP contribution in [0.3, 0.4) is 0 Å². The summed E-state index contributed by atoms with van der Waals surface area (Å²) in [7, 11) is 3.93. The Balaban J connectivity index is 2.33. The molecule has 0 bridgehead atoms. The molecule has 2 N–H and O–H groups in total. The van der Waals surface area contributed by atoms with Crippen LogP contribution in [0.15, 0.2) is 24.3 Å². The smallest absolute Gasteiger partial charge is 0.329 e. The second kappa shape index (κ2) is 8.93. The van der Waals surface area contributed by atoms with Crippen LogP contribution in [0.2, 0.25) is 0 Å². The summed E-state index contributed by atoms with van der Waals surface area (Å²) in [6.07, 6.45) is 0. The van der Waals surface area contributed by atoms with E-state index in [9.17, 15) is 9.59 Å². The second-order valence-corrected chi connectivity index (χ2v) is 4.61. The number of aliphatic carboxylic acids is 1. The number of nitrogens with one attached hydrogen (secondary N) is 1. The van der Waals surface area contributed by atoms with Gasteiger partial charge in [0, 0.05) is 12.2 Å². The summed E-state index contributed by atoms with van der Waals surface area (Å²) >= 11 is 0. The maximum atomic E-state index is 11.5. The lowest BCUT2D eigenvalue weighted by Crippen LogP contribution is -2.20. The minimum Gasteiger partial charge on any atom is -0.492 e. The van der Waals surface area contributed by atoms with E-state index >= 15 is 0 Å². The van der Waals surface area contributed by atoms with Gasteiger partial charge in [0.25, 0.3) is 0 Å². The molecule has 0 spiro atoms. The lowest BCUT2D eigenvalue weighted by molar-refractivity contribution is -0.143. The molecule has 7 nitrogen and oxygen atoms in total. The number of ether oxygens (including phenoxy) is 2. The van der Waals surface area contributed by atoms with E-state index in [4.69, 9.17) is 9.84 Å². The molecule has 1 amide bonds. The summed E-state index contributed by atoms with van der Waals surface area (Å²) in [5.41, 5.74) is 0.596. The summed E-state index contributed by atoms with van der Waals surface area (Å²) in [4.78, 5) is 23.7. The maximum absolute atomic E-state index is 11.5. The fourth-order valence-electron chi connectivity index (χ4n) is 1.41. The fourth-order valence-corrected chi connectivity index (χ4v) is 1.41. The molecule has 0 aliphatic heterocycles. The Labute approximate surface area is 123 Å². The molecule has 116 valence electrons. The Morgan fingerprint density at radius 2 is 1.86 bits per heavy atom. The molecular formula is C14H20N2O5. The Bertz CT molecular complexity index is 459. The summed E-state index contributed by atoms with van der Waals surface area (Å²) in [6.45, 7) is 0.612. The molecular weight excluding hydrogens is 276 g/mol. The molecule has 1 rings (SSSR count). The third-order valence-electron chi connectivity index (χ3n) is 2.40. The molecule has 1 aromatic carbocycles. The Morgan fingerprint density at radius 1 is 1.19 bits per heavy atom. The summed E-state index contributed by atoms with van der Waals surface area (Å²) in [5.74, 6) is -0.795. The highest BCUT2D eigenvalue weighted by atomic mass is 16.5. The average molecular weight is 296 g/mol. The predicted octanol–water partition coefficient (Wildman–Crippen LogP) is 0.667. The van der Waals surface area contributed by atoms with Crippen molar-refractivity contribution in [3.8, 4) is 5.75 Å². The van der Waals surface area contributed by atoms with Crippen LogP contribution in [-0.2, 0) is 14.3 Å². The van der Waals surface area contributed by atoms with E-state index in [0.29, 0.717) is 12.3 Å². The number of anilines is 1. The molecule has 0 aliphatic carbocycles. The number of benzene rings is 1. The van der Waals surface area contributed by atoms with Crippen molar-refractivity contribution in [1.82, 2.24) is 4.90 Å². The number of nitrogens with zero attached hydrogens (tertiary/aromatic N) is 1. The number of likely N-dealkylation sites (N-methyl/N-ethyl adjacent to an activating group) is 1. The Morgan fingerprint density at radius 3 is 2.43 bits per heavy atom. The zero-order chi connectivity index (χ0) is 15.7. The number of carboxylic acid groups (broad SMARTS) is 1. The Hall–Kier alpha value is -2.12. The van der Waals surface area contributed by atoms with Crippen molar-refractivity contribution >= 4 is 17.6 Å². The van der Waals surface area contributed by atoms with Gasteiger partial charge in [0.05, 0.1) is 0 Å². The van der Waals surface area contributed by atoms with Gasteiger partial charge in [0.1, 0.15) is 25.6 Å². The van der Waals surface area contributed by atoms with Gasteiger partial charge < -0.3 is 24.8 Å². The monoisotopic (exact) mass is 296 g/mol. The summed E-state index contributed by atoms with van der Waals surface area (Å²) in [6, 6.07) is 6.92. The van der Waals surface area contributed by atoms with Gasteiger partial charge in [-0.05, 0) is 38.4 Å². The number of hydrogen-bond acceptors (Lipinski definition) is 5. The zero-order valence-electron chi connectivity index (χ0n) is 12.2. The van der Waals surface area contributed by atoms with Gasteiger partial charge in [-0.15, -0.1) is 0 Å². The molecule has 0 atom stereocenters. The van der Waals surface area contributed by atoms with E-state index in [1.54, 1.807) is 24.3 Å². The molecule has 0 aromatic heterocycles. The van der Waals surface area contributed by atoms with Gasteiger partial charge in [-0.1, -0.05) is 0 Å². The van der Waals surface area contributed by atoms with Crippen molar-refractivity contribution in [3.63, 3.8) is 0 Å². The lowest BCUT2D eigenvalue weighted by Gasteiger charge is -2.11. The number of rotatable bonds is 9. The number of carbonyl (C=O) groups is 2. The topological polar surface area (TPSA) is 88.1 Å². The number of amides is 1. The van der Waals surface area contributed by atoms with E-state index < -0.39 is 18.5 Å². The normalized spacial score (nSPS) is 10.4. The minimum atomic E-state index is -1.11. The standard InChI is InChI=1S/C14H20N2O5/c1-16(2)7-8-21-12-5-3-11(4-6-12)15-13(17)9-20-10-14(18)19/h3-6H,7-10H2,1-2H3,(H,15,17)(H,18,19). The summed E-state index contributed by atoms with van der Waals surface area (Å²) in [5, 5.41) is 11.0. The molecule has 0 aliphatic rings. The van der Waals surface area contributed by atoms with Crippen LogP contribution in [-0.4, -0.2) is 62.3 Å². The SMILES string of the molecule is CN(C)CCOc1ccc(NC(=O)COCC(=O)O)cc1. The zero-order valence-corrected chi connectivity index (χ0v) is 12.2. The first kappa shape index (κ1) is 16.9. The first-order valence-electron chi connectivity index (χ1n) is 6.44. The second-order valence-electron chi connectivity index (χ2n) is 4.61. The highest BCUT2D eigenvalue weighted by Crippen LogP contribution is 2.15. The molecule has 0 unspecified atom stereocenters. The first-order chi connectivity index (χ1) is 9.97. The maximum Gasteiger partial charge on any atom is 0.329 e. The predicted molar refractivity (Wildman–Crippen MR) is 77.6 cm³/mol. The van der Waals surface area contributed by atoms with Crippen LogP contribution in [0.5, 0.6) is 5.75 Å². The molecule has 1 aromatic rings. The van der Waals surface area contributed by atoms with Crippen molar-refractivity contribution in [1.29, 1.82) is 0 Å². The molecule has 0 radical (unpaired) electrons. The van der Waals surface area contributed by atoms with Gasteiger partial charge in [-0.2, -0.15) is 0 Å². The van der Waals surface area contributed by atoms with Crippen LogP contribution in [0.25, 0.3) is 0 Å². The largest absolute Gasteiger partial charge is 0.492 e. The van der Waals surface area contributed by atoms with Crippen LogP contribution in [0.4, 0.5) is 5.69 Å². The number of hydrogen-bond donors (Lipinski definition) is 2. The van der Waals surface area contributed by atoms with Gasteiger partial charge in [-0.25, -0.2) is 4.79 Å². The van der Waals surface area contributed by atoms with E-state index in [1.807, 2.05) is 19.0 Å². The summed E-state index contributed by atoms with van der Waals surface area (Å²) < 4.78 is 10.2. The van der Waals surface area contributed by atoms with Crippen molar-refractivity contribution in [3.05, 3.63) is 24.3 Å². The third-order valence-corrected chi connectivity index (χ3v) is 2.40. The van der Waals surface area contributed by atoms with Gasteiger partial charge in [0.15, 0.2) is 0 Å². The van der Waals surface area contributed by atoms with Crippen molar-refractivity contribution in [2.45, 2.75) is 0 Å². The third kappa shape index (κ3) is 7.91. The molecule has 21 heavy (non-hydrogen) atoms. The molecule has 0 saturated heterocycles. The van der Waals surface area contributed by atoms with Crippen LogP contribution in [0, 0.1) is 0 Å². The minimum absolute atomic E-state index is 0.298. The Kier molecular flexibility index (Phi) is 7.20. The van der Waals surface area contributed by atoms with E-state index in [1.165, 1.54) is 0 Å². The highest BCUT2D eigenvalue weighted by molar-refractivity contribution is 5.91. The molecule has 7 heteroatoms. The number of carbonyl (C=O) groups excluding carboxylic acids is 1. The lowest BCUT2D eigenvalue weighted by atomic mass is 10.3. The van der Waals surface area contributed by atoms with E-state index in [0.717, 1.165) is 12.3 Å². The van der Waals surface area contributed by atoms with Crippen LogP contribution in [0.1, 0.15) is 0 Å². The van der Waals surface area contributed by atoms with Crippen LogP contribution < -0.4 is 10.1 Å². The average Bonchev–Trinajstić information content (AvgIpc) is 2.40. The van der Waals surface area contributed by atoms with E-state index in [-0.39, 0.29) is 6.61 Å². The highest BCUT2D eigenvalue weighted by Gasteiger charge is 2.04. The number of carboxylic acids is 1. The van der Waals surface area contributed by atoms with Crippen LogP contribution >= 0.6 is 0 Å². The van der Waals surface area contributed by atoms with Crippen molar-refractivity contribution < 1.29 is 24.2 Å². The van der Waals surface area contributed by atoms with Crippen molar-refractivity contribution in [2.75, 3.05) is 45.8 Å². The van der Waals surface area contributed by atoms with Gasteiger partial charge >= 0.3 is 5.97 Å².